The number of phenolic OH excluding ortho intramolecular Hbond substituents is 1. The Morgan fingerprint density at radius 2 is 1.35 bits per heavy atom. The van der Waals surface area contributed by atoms with Crippen LogP contribution in [0, 0.1) is 13.8 Å². The van der Waals surface area contributed by atoms with Crippen LogP contribution in [0.1, 0.15) is 18.1 Å². The second-order valence-electron chi connectivity index (χ2n) is 7.48. The zero-order chi connectivity index (χ0) is 22.2. The average Bonchev–Trinajstić information content (AvgIpc) is 2.77. The molecule has 31 heavy (non-hydrogen) atoms. The van der Waals surface area contributed by atoms with Crippen LogP contribution in [0.3, 0.4) is 0 Å². The lowest BCUT2D eigenvalue weighted by Gasteiger charge is -2.10. The van der Waals surface area contributed by atoms with Crippen molar-refractivity contribution in [3.05, 3.63) is 114 Å². The van der Waals surface area contributed by atoms with Gasteiger partial charge < -0.3 is 9.84 Å². The van der Waals surface area contributed by atoms with Crippen LogP contribution in [0.25, 0.3) is 10.8 Å². The number of aromatic hydroxyl groups is 1. The Bertz CT molecular complexity index is 1170. The molecule has 0 aromatic heterocycles. The smallest absolute Gasteiger partial charge is 0.222 e. The van der Waals surface area contributed by atoms with Crippen LogP contribution in [-0.4, -0.2) is 11.0 Å². The number of hydrogen-bond donors (Lipinski definition) is 1. The normalized spacial score (nSPS) is 10.9. The van der Waals surface area contributed by atoms with E-state index in [0.29, 0.717) is 11.6 Å². The number of benzene rings is 4. The summed E-state index contributed by atoms with van der Waals surface area (Å²) in [5.74, 6) is 1.62. The number of nitrogens with zero attached hydrogens (tertiary/aromatic N) is 1. The van der Waals surface area contributed by atoms with Gasteiger partial charge in [0.1, 0.15) is 11.5 Å². The SMILES string of the molecule is C=C(C)C(=Nc1ccc(C)cc1)Oc1ccc2ccccc2c1.Cc1ccc(O)cc1. The summed E-state index contributed by atoms with van der Waals surface area (Å²) in [5.41, 5.74) is 4.02. The van der Waals surface area contributed by atoms with Crippen LogP contribution in [0.15, 0.2) is 108 Å². The predicted molar refractivity (Wildman–Crippen MR) is 131 cm³/mol. The third kappa shape index (κ3) is 6.58. The van der Waals surface area contributed by atoms with Gasteiger partial charge in [-0.05, 0) is 67.9 Å². The van der Waals surface area contributed by atoms with Gasteiger partial charge in [-0.15, -0.1) is 0 Å². The summed E-state index contributed by atoms with van der Waals surface area (Å²) in [4.78, 5) is 4.57. The Kier molecular flexibility index (Phi) is 7.23. The fourth-order valence-corrected chi connectivity index (χ4v) is 2.83. The lowest BCUT2D eigenvalue weighted by atomic mass is 10.1. The van der Waals surface area contributed by atoms with E-state index in [0.717, 1.165) is 22.4 Å². The number of ether oxygens (including phenoxy) is 1. The minimum absolute atomic E-state index is 0.329. The maximum atomic E-state index is 8.76. The Morgan fingerprint density at radius 3 is 1.94 bits per heavy atom. The quantitative estimate of drug-likeness (QED) is 0.281. The standard InChI is InChI=1S/C21H19NO.C7H8O/c1-15(2)21(22-19-11-8-16(3)9-12-19)23-20-13-10-17-6-4-5-7-18(17)14-20;1-6-2-4-7(8)5-3-6/h4-14H,1H2,2-3H3;2-5,8H,1H3. The van der Waals surface area contributed by atoms with Crippen LogP contribution in [-0.2, 0) is 0 Å². The summed E-state index contributed by atoms with van der Waals surface area (Å²) in [6.45, 7) is 9.91. The molecule has 0 spiro atoms. The molecule has 4 aromatic carbocycles. The van der Waals surface area contributed by atoms with Crippen molar-refractivity contribution < 1.29 is 9.84 Å². The summed E-state index contributed by atoms with van der Waals surface area (Å²) in [7, 11) is 0. The Labute approximate surface area is 184 Å². The van der Waals surface area contributed by atoms with Crippen molar-refractivity contribution in [2.45, 2.75) is 20.8 Å². The van der Waals surface area contributed by atoms with E-state index in [2.05, 4.69) is 30.6 Å². The second kappa shape index (κ2) is 10.3. The molecule has 0 aliphatic heterocycles. The molecule has 0 aliphatic rings. The van der Waals surface area contributed by atoms with E-state index < -0.39 is 0 Å². The van der Waals surface area contributed by atoms with Crippen LogP contribution < -0.4 is 4.74 Å². The largest absolute Gasteiger partial charge is 0.508 e. The van der Waals surface area contributed by atoms with E-state index in [4.69, 9.17) is 9.84 Å². The lowest BCUT2D eigenvalue weighted by molar-refractivity contribution is 0.475. The first kappa shape index (κ1) is 21.8. The van der Waals surface area contributed by atoms with E-state index in [-0.39, 0.29) is 0 Å². The van der Waals surface area contributed by atoms with Crippen molar-refractivity contribution in [1.29, 1.82) is 0 Å². The molecule has 0 bridgehead atoms. The average molecular weight is 410 g/mol. The third-order valence-electron chi connectivity index (χ3n) is 4.60. The van der Waals surface area contributed by atoms with Crippen LogP contribution in [0.4, 0.5) is 5.69 Å². The van der Waals surface area contributed by atoms with E-state index in [1.165, 1.54) is 16.5 Å². The maximum Gasteiger partial charge on any atom is 0.222 e. The molecule has 0 atom stereocenters. The molecular formula is C28H27NO2. The van der Waals surface area contributed by atoms with Crippen LogP contribution in [0.5, 0.6) is 11.5 Å². The molecule has 3 nitrogen and oxygen atoms in total. The van der Waals surface area contributed by atoms with Gasteiger partial charge in [0, 0.05) is 5.57 Å². The molecule has 0 radical (unpaired) electrons. The van der Waals surface area contributed by atoms with Gasteiger partial charge in [-0.1, -0.05) is 72.3 Å². The van der Waals surface area contributed by atoms with Crippen molar-refractivity contribution in [2.75, 3.05) is 0 Å². The van der Waals surface area contributed by atoms with E-state index in [1.807, 2.05) is 80.6 Å². The molecule has 156 valence electrons. The molecule has 0 amide bonds. The van der Waals surface area contributed by atoms with Crippen molar-refractivity contribution in [3.63, 3.8) is 0 Å². The first-order valence-electron chi connectivity index (χ1n) is 10.1. The van der Waals surface area contributed by atoms with Gasteiger partial charge in [-0.3, -0.25) is 0 Å². The van der Waals surface area contributed by atoms with Crippen molar-refractivity contribution >= 4 is 22.4 Å². The number of fused-ring (bicyclic) bond motifs is 1. The zero-order valence-corrected chi connectivity index (χ0v) is 18.2. The van der Waals surface area contributed by atoms with Gasteiger partial charge in [0.05, 0.1) is 5.69 Å². The summed E-state index contributed by atoms with van der Waals surface area (Å²) in [6.07, 6.45) is 0. The summed E-state index contributed by atoms with van der Waals surface area (Å²) in [6, 6.07) is 29.3. The predicted octanol–water partition coefficient (Wildman–Crippen LogP) is 7.53. The van der Waals surface area contributed by atoms with Gasteiger partial charge in [-0.2, -0.15) is 0 Å². The highest BCUT2D eigenvalue weighted by Crippen LogP contribution is 2.22. The molecule has 0 aliphatic carbocycles. The van der Waals surface area contributed by atoms with E-state index in [9.17, 15) is 0 Å². The molecule has 3 heteroatoms. The fourth-order valence-electron chi connectivity index (χ4n) is 2.83. The third-order valence-corrected chi connectivity index (χ3v) is 4.60. The summed E-state index contributed by atoms with van der Waals surface area (Å²) >= 11 is 0. The molecule has 1 N–H and O–H groups in total. The highest BCUT2D eigenvalue weighted by atomic mass is 16.5. The summed E-state index contributed by atoms with van der Waals surface area (Å²) < 4.78 is 5.97. The number of aryl methyl sites for hydroxylation is 2. The molecule has 4 rings (SSSR count). The molecular weight excluding hydrogens is 382 g/mol. The number of hydrogen-bond acceptors (Lipinski definition) is 3. The number of phenols is 1. The molecule has 0 saturated heterocycles. The highest BCUT2D eigenvalue weighted by molar-refractivity contribution is 5.96. The minimum atomic E-state index is 0.329. The summed E-state index contributed by atoms with van der Waals surface area (Å²) in [5, 5.41) is 11.1. The topological polar surface area (TPSA) is 41.8 Å². The van der Waals surface area contributed by atoms with E-state index >= 15 is 0 Å². The van der Waals surface area contributed by atoms with Gasteiger partial charge in [0.2, 0.25) is 5.90 Å². The Hall–Kier alpha value is -3.85. The molecule has 0 heterocycles. The van der Waals surface area contributed by atoms with Crippen LogP contribution in [0.2, 0.25) is 0 Å². The monoisotopic (exact) mass is 409 g/mol. The first-order chi connectivity index (χ1) is 14.9. The molecule has 0 fully saturated rings. The highest BCUT2D eigenvalue weighted by Gasteiger charge is 2.06. The number of rotatable bonds is 3. The fraction of sp³-hybridized carbons (Fsp3) is 0.107. The van der Waals surface area contributed by atoms with Gasteiger partial charge in [0.25, 0.3) is 0 Å². The molecule has 0 unspecified atom stereocenters. The van der Waals surface area contributed by atoms with Crippen LogP contribution >= 0.6 is 0 Å². The maximum absolute atomic E-state index is 8.76. The molecule has 4 aromatic rings. The van der Waals surface area contributed by atoms with Gasteiger partial charge in [-0.25, -0.2) is 4.99 Å². The van der Waals surface area contributed by atoms with Crippen molar-refractivity contribution in [1.82, 2.24) is 0 Å². The number of aliphatic imine (C=N–C) groups is 1. The zero-order valence-electron chi connectivity index (χ0n) is 18.2. The molecule has 0 saturated carbocycles. The van der Waals surface area contributed by atoms with E-state index in [1.54, 1.807) is 12.1 Å². The Morgan fingerprint density at radius 1 is 0.774 bits per heavy atom. The Balaban J connectivity index is 0.000000287. The van der Waals surface area contributed by atoms with Gasteiger partial charge in [0.15, 0.2) is 0 Å². The second-order valence-corrected chi connectivity index (χ2v) is 7.48. The van der Waals surface area contributed by atoms with Crippen molar-refractivity contribution in [2.24, 2.45) is 4.99 Å². The van der Waals surface area contributed by atoms with Crippen molar-refractivity contribution in [3.8, 4) is 11.5 Å². The minimum Gasteiger partial charge on any atom is -0.508 e. The van der Waals surface area contributed by atoms with Gasteiger partial charge >= 0.3 is 0 Å². The lowest BCUT2D eigenvalue weighted by Crippen LogP contribution is -2.09. The first-order valence-corrected chi connectivity index (χ1v) is 10.1.